The number of allylic oxidation sites excluding steroid dienone is 1. The van der Waals surface area contributed by atoms with Gasteiger partial charge < -0.3 is 24.9 Å². The molecule has 3 N–H and O–H groups in total. The third-order valence-electron chi connectivity index (χ3n) is 5.47. The van der Waals surface area contributed by atoms with E-state index in [1.54, 1.807) is 12.1 Å². The van der Waals surface area contributed by atoms with Gasteiger partial charge in [-0.2, -0.15) is 0 Å². The van der Waals surface area contributed by atoms with Gasteiger partial charge >= 0.3 is 0 Å². The number of nitrogens with one attached hydrogen (secondary N) is 2. The summed E-state index contributed by atoms with van der Waals surface area (Å²) in [6.45, 7) is 1.44. The highest BCUT2D eigenvalue weighted by molar-refractivity contribution is 6.26. The Balaban J connectivity index is 1.28. The van der Waals surface area contributed by atoms with Crippen LogP contribution in [-0.2, 0) is 11.2 Å². The van der Waals surface area contributed by atoms with Crippen molar-refractivity contribution in [1.29, 1.82) is 0 Å². The molecule has 1 saturated carbocycles. The number of rotatable bonds is 7. The lowest BCUT2D eigenvalue weighted by Gasteiger charge is -2.16. The number of anilines is 1. The Morgan fingerprint density at radius 3 is 2.80 bits per heavy atom. The lowest BCUT2D eigenvalue weighted by molar-refractivity contribution is -0.111. The van der Waals surface area contributed by atoms with Crippen LogP contribution < -0.4 is 15.4 Å². The summed E-state index contributed by atoms with van der Waals surface area (Å²) in [7, 11) is 0. The first-order valence-electron chi connectivity index (χ1n) is 10.3. The van der Waals surface area contributed by atoms with Crippen LogP contribution in [0.25, 0.3) is 11.2 Å². The molecular weight excluding hydrogens is 380 g/mol. The predicted molar refractivity (Wildman–Crippen MR) is 115 cm³/mol. The van der Waals surface area contributed by atoms with Crippen molar-refractivity contribution < 1.29 is 14.6 Å². The van der Waals surface area contributed by atoms with Crippen LogP contribution in [0, 0.1) is 0 Å². The summed E-state index contributed by atoms with van der Waals surface area (Å²) in [5.41, 5.74) is 3.13. The molecule has 5 rings (SSSR count). The minimum absolute atomic E-state index is 0.0755. The summed E-state index contributed by atoms with van der Waals surface area (Å²) in [5, 5.41) is 16.7. The molecule has 2 aliphatic carbocycles. The van der Waals surface area contributed by atoms with Crippen LogP contribution in [0.1, 0.15) is 30.7 Å². The van der Waals surface area contributed by atoms with Crippen molar-refractivity contribution >= 4 is 22.8 Å². The van der Waals surface area contributed by atoms with Crippen molar-refractivity contribution in [3.05, 3.63) is 65.8 Å². The fourth-order valence-corrected chi connectivity index (χ4v) is 3.77. The number of aromatic nitrogens is 2. The zero-order valence-electron chi connectivity index (χ0n) is 16.6. The molecular formula is C23H24N4O3. The number of benzene rings is 1. The number of aryl methyl sites for hydroxylation is 1. The van der Waals surface area contributed by atoms with E-state index in [9.17, 15) is 9.90 Å². The zero-order valence-corrected chi connectivity index (χ0v) is 16.6. The number of hydrogen-bond donors (Lipinski definition) is 3. The molecule has 0 radical (unpaired) electrons. The maximum Gasteiger partial charge on any atom is 0.261 e. The van der Waals surface area contributed by atoms with Crippen molar-refractivity contribution in [3.8, 4) is 5.75 Å². The fraction of sp³-hybridized carbons (Fsp3) is 0.304. The number of imidazole rings is 1. The van der Waals surface area contributed by atoms with Crippen molar-refractivity contribution in [2.24, 2.45) is 0 Å². The Labute approximate surface area is 174 Å². The topological polar surface area (TPSA) is 87.9 Å². The molecule has 1 amide bonds. The summed E-state index contributed by atoms with van der Waals surface area (Å²) in [6.07, 6.45) is 5.51. The summed E-state index contributed by atoms with van der Waals surface area (Å²) >= 11 is 0. The Morgan fingerprint density at radius 2 is 2.00 bits per heavy atom. The molecule has 7 heteroatoms. The third kappa shape index (κ3) is 3.76. The van der Waals surface area contributed by atoms with Crippen LogP contribution in [0.3, 0.4) is 0 Å². The van der Waals surface area contributed by atoms with Gasteiger partial charge in [-0.25, -0.2) is 4.98 Å². The van der Waals surface area contributed by atoms with Crippen LogP contribution in [-0.4, -0.2) is 39.6 Å². The molecule has 0 unspecified atom stereocenters. The van der Waals surface area contributed by atoms with E-state index >= 15 is 0 Å². The van der Waals surface area contributed by atoms with Crippen molar-refractivity contribution in [2.45, 2.75) is 31.7 Å². The highest BCUT2D eigenvalue weighted by atomic mass is 16.5. The van der Waals surface area contributed by atoms with Gasteiger partial charge in [-0.1, -0.05) is 6.07 Å². The standard InChI is InChI=1S/C23H24N4O3/c28-19-11-10-18-22(26-20-3-1-2-13-27(18)20)21(19)23(29)25-16-6-8-17(9-7-16)30-14-12-24-15-4-5-15/h1-3,6-9,13,15,24,28H,4-5,10-12,14H2,(H,25,29). The smallest absolute Gasteiger partial charge is 0.261 e. The molecule has 1 aromatic carbocycles. The number of carbonyl (C=O) groups excluding carboxylic acids is 1. The van der Waals surface area contributed by atoms with Gasteiger partial charge in [-0.05, 0) is 55.7 Å². The summed E-state index contributed by atoms with van der Waals surface area (Å²) in [6, 6.07) is 13.7. The van der Waals surface area contributed by atoms with E-state index < -0.39 is 0 Å². The number of aliphatic hydroxyl groups is 1. The van der Waals surface area contributed by atoms with E-state index in [-0.39, 0.29) is 17.2 Å². The third-order valence-corrected chi connectivity index (χ3v) is 5.47. The van der Waals surface area contributed by atoms with Gasteiger partial charge in [-0.3, -0.25) is 4.79 Å². The first kappa shape index (κ1) is 18.7. The van der Waals surface area contributed by atoms with E-state index in [1.807, 2.05) is 40.9 Å². The number of aliphatic hydroxyl groups excluding tert-OH is 1. The van der Waals surface area contributed by atoms with Gasteiger partial charge in [-0.15, -0.1) is 0 Å². The monoisotopic (exact) mass is 404 g/mol. The largest absolute Gasteiger partial charge is 0.511 e. The Hall–Kier alpha value is -3.32. The molecule has 7 nitrogen and oxygen atoms in total. The second-order valence-electron chi connectivity index (χ2n) is 7.71. The van der Waals surface area contributed by atoms with Crippen LogP contribution >= 0.6 is 0 Å². The minimum Gasteiger partial charge on any atom is -0.511 e. The molecule has 30 heavy (non-hydrogen) atoms. The lowest BCUT2D eigenvalue weighted by atomic mass is 9.97. The quantitative estimate of drug-likeness (QED) is 0.526. The number of hydrogen-bond acceptors (Lipinski definition) is 5. The van der Waals surface area contributed by atoms with Crippen LogP contribution in [0.2, 0.25) is 0 Å². The fourth-order valence-electron chi connectivity index (χ4n) is 3.77. The minimum atomic E-state index is -0.362. The molecule has 0 aliphatic heterocycles. The molecule has 2 aliphatic rings. The van der Waals surface area contributed by atoms with Gasteiger partial charge in [0.25, 0.3) is 5.91 Å². The number of ether oxygens (including phenoxy) is 1. The second-order valence-corrected chi connectivity index (χ2v) is 7.71. The van der Waals surface area contributed by atoms with Crippen LogP contribution in [0.5, 0.6) is 5.75 Å². The van der Waals surface area contributed by atoms with Gasteiger partial charge in [0.05, 0.1) is 5.69 Å². The normalized spacial score (nSPS) is 15.9. The van der Waals surface area contributed by atoms with E-state index in [0.717, 1.165) is 23.6 Å². The number of pyridine rings is 1. The molecule has 0 spiro atoms. The van der Waals surface area contributed by atoms with Crippen molar-refractivity contribution in [1.82, 2.24) is 14.7 Å². The molecule has 1 fully saturated rings. The number of nitrogens with zero attached hydrogens (tertiary/aromatic N) is 2. The van der Waals surface area contributed by atoms with Crippen molar-refractivity contribution in [3.63, 3.8) is 0 Å². The zero-order chi connectivity index (χ0) is 20.5. The molecule has 0 bridgehead atoms. The van der Waals surface area contributed by atoms with E-state index in [2.05, 4.69) is 15.6 Å². The molecule has 0 saturated heterocycles. The summed E-state index contributed by atoms with van der Waals surface area (Å²) in [5.74, 6) is 0.471. The van der Waals surface area contributed by atoms with Crippen LogP contribution in [0.4, 0.5) is 5.69 Å². The second kappa shape index (κ2) is 7.84. The lowest BCUT2D eigenvalue weighted by Crippen LogP contribution is -2.22. The van der Waals surface area contributed by atoms with Gasteiger partial charge in [0.2, 0.25) is 0 Å². The Morgan fingerprint density at radius 1 is 1.17 bits per heavy atom. The van der Waals surface area contributed by atoms with Gasteiger partial charge in [0.1, 0.15) is 35.0 Å². The molecule has 0 atom stereocenters. The first-order valence-corrected chi connectivity index (χ1v) is 10.3. The Bertz CT molecular complexity index is 1110. The van der Waals surface area contributed by atoms with E-state index in [1.165, 1.54) is 12.8 Å². The van der Waals surface area contributed by atoms with Gasteiger partial charge in [0, 0.05) is 30.9 Å². The number of carbonyl (C=O) groups is 1. The number of amides is 1. The maximum atomic E-state index is 13.0. The van der Waals surface area contributed by atoms with Crippen molar-refractivity contribution in [2.75, 3.05) is 18.5 Å². The maximum absolute atomic E-state index is 13.0. The van der Waals surface area contributed by atoms with Crippen LogP contribution in [0.15, 0.2) is 54.4 Å². The summed E-state index contributed by atoms with van der Waals surface area (Å²) < 4.78 is 7.69. The SMILES string of the molecule is O=C(Nc1ccc(OCCNC2CC2)cc1)C1=C(O)CCc2c1nc1ccccn21. The first-order chi connectivity index (χ1) is 14.7. The highest BCUT2D eigenvalue weighted by Gasteiger charge is 2.28. The molecule has 2 heterocycles. The molecule has 154 valence electrons. The van der Waals surface area contributed by atoms with E-state index in [0.29, 0.717) is 36.9 Å². The molecule has 3 aromatic rings. The molecule has 2 aromatic heterocycles. The highest BCUT2D eigenvalue weighted by Crippen LogP contribution is 2.31. The van der Waals surface area contributed by atoms with E-state index in [4.69, 9.17) is 4.74 Å². The predicted octanol–water partition coefficient (Wildman–Crippen LogP) is 3.32. The Kier molecular flexibility index (Phi) is 4.88. The summed E-state index contributed by atoms with van der Waals surface area (Å²) in [4.78, 5) is 17.5. The average Bonchev–Trinajstić information content (AvgIpc) is 3.51. The van der Waals surface area contributed by atoms with Gasteiger partial charge in [0.15, 0.2) is 0 Å². The average molecular weight is 404 g/mol. The number of fused-ring (bicyclic) bond motifs is 3.